The second kappa shape index (κ2) is 6.21. The van der Waals surface area contributed by atoms with Crippen LogP contribution in [-0.2, 0) is 6.54 Å². The Labute approximate surface area is 119 Å². The Kier molecular flexibility index (Phi) is 4.61. The number of benzene rings is 1. The molecule has 1 N–H and O–H groups in total. The van der Waals surface area contributed by atoms with E-state index in [4.69, 9.17) is 0 Å². The molecule has 0 amide bonds. The third-order valence-corrected chi connectivity index (χ3v) is 3.61. The van der Waals surface area contributed by atoms with E-state index in [9.17, 15) is 8.78 Å². The quantitative estimate of drug-likeness (QED) is 0.919. The van der Waals surface area contributed by atoms with E-state index in [1.165, 1.54) is 24.4 Å². The number of pyridine rings is 1. The highest BCUT2D eigenvalue weighted by Crippen LogP contribution is 2.19. The molecule has 1 aromatic heterocycles. The first-order chi connectivity index (χ1) is 9.06. The lowest BCUT2D eigenvalue weighted by Crippen LogP contribution is -2.18. The fourth-order valence-electron chi connectivity index (χ4n) is 1.72. The Bertz CT molecular complexity index is 575. The molecule has 0 aliphatic carbocycles. The molecule has 0 bridgehead atoms. The highest BCUT2D eigenvalue weighted by Gasteiger charge is 2.08. The monoisotopic (exact) mass is 326 g/mol. The normalized spacial score (nSPS) is 12.4. The van der Waals surface area contributed by atoms with Crippen LogP contribution in [0.1, 0.15) is 24.1 Å². The molecular weight excluding hydrogens is 314 g/mol. The number of aromatic nitrogens is 1. The molecule has 19 heavy (non-hydrogen) atoms. The van der Waals surface area contributed by atoms with Crippen molar-refractivity contribution in [1.82, 2.24) is 10.3 Å². The first kappa shape index (κ1) is 14.1. The van der Waals surface area contributed by atoms with Gasteiger partial charge in [0.1, 0.15) is 11.6 Å². The van der Waals surface area contributed by atoms with E-state index in [2.05, 4.69) is 26.2 Å². The van der Waals surface area contributed by atoms with Gasteiger partial charge in [0.25, 0.3) is 0 Å². The van der Waals surface area contributed by atoms with E-state index < -0.39 is 0 Å². The number of nitrogens with one attached hydrogen (secondary N) is 1. The molecule has 0 radical (unpaired) electrons. The lowest BCUT2D eigenvalue weighted by molar-refractivity contribution is 0.556. The van der Waals surface area contributed by atoms with Crippen molar-refractivity contribution in [2.24, 2.45) is 0 Å². The molecule has 0 spiro atoms. The minimum atomic E-state index is -0.363. The summed E-state index contributed by atoms with van der Waals surface area (Å²) in [7, 11) is 0. The Morgan fingerprint density at radius 1 is 1.21 bits per heavy atom. The van der Waals surface area contributed by atoms with Gasteiger partial charge in [-0.15, -0.1) is 0 Å². The number of halogens is 3. The third kappa shape index (κ3) is 3.81. The lowest BCUT2D eigenvalue weighted by atomic mass is 10.1. The molecule has 1 aromatic carbocycles. The van der Waals surface area contributed by atoms with Crippen molar-refractivity contribution in [2.45, 2.75) is 19.5 Å². The van der Waals surface area contributed by atoms with E-state index in [0.717, 1.165) is 15.6 Å². The van der Waals surface area contributed by atoms with Gasteiger partial charge in [0.05, 0.1) is 6.20 Å². The van der Waals surface area contributed by atoms with Crippen molar-refractivity contribution in [2.75, 3.05) is 0 Å². The van der Waals surface area contributed by atoms with Crippen molar-refractivity contribution in [1.29, 1.82) is 0 Å². The molecule has 0 aliphatic heterocycles. The topological polar surface area (TPSA) is 24.9 Å². The molecule has 0 aliphatic rings. The van der Waals surface area contributed by atoms with Crippen LogP contribution in [0.3, 0.4) is 0 Å². The maximum absolute atomic E-state index is 13.1. The van der Waals surface area contributed by atoms with Crippen molar-refractivity contribution in [3.63, 3.8) is 0 Å². The van der Waals surface area contributed by atoms with Gasteiger partial charge in [-0.2, -0.15) is 0 Å². The van der Waals surface area contributed by atoms with Gasteiger partial charge >= 0.3 is 0 Å². The summed E-state index contributed by atoms with van der Waals surface area (Å²) < 4.78 is 27.0. The minimum Gasteiger partial charge on any atom is -0.306 e. The molecule has 0 saturated carbocycles. The smallest absolute Gasteiger partial charge is 0.141 e. The highest BCUT2D eigenvalue weighted by atomic mass is 79.9. The summed E-state index contributed by atoms with van der Waals surface area (Å²) in [4.78, 5) is 3.81. The van der Waals surface area contributed by atoms with Crippen molar-refractivity contribution >= 4 is 15.9 Å². The molecule has 2 rings (SSSR count). The first-order valence-corrected chi connectivity index (χ1v) is 6.63. The summed E-state index contributed by atoms with van der Waals surface area (Å²) in [5.41, 5.74) is 1.57. The molecule has 100 valence electrons. The Balaban J connectivity index is 2.04. The molecular formula is C14H13BrF2N2. The van der Waals surface area contributed by atoms with E-state index in [-0.39, 0.29) is 17.7 Å². The number of nitrogens with zero attached hydrogens (tertiary/aromatic N) is 1. The van der Waals surface area contributed by atoms with Crippen LogP contribution in [-0.4, -0.2) is 4.98 Å². The summed E-state index contributed by atoms with van der Waals surface area (Å²) in [5.74, 6) is -0.641. The number of hydrogen-bond donors (Lipinski definition) is 1. The number of hydrogen-bond acceptors (Lipinski definition) is 2. The first-order valence-electron chi connectivity index (χ1n) is 5.84. The van der Waals surface area contributed by atoms with Gasteiger partial charge in [-0.1, -0.05) is 15.9 Å². The van der Waals surface area contributed by atoms with Crippen molar-refractivity contribution < 1.29 is 8.78 Å². The molecule has 0 fully saturated rings. The molecule has 5 heteroatoms. The largest absolute Gasteiger partial charge is 0.306 e. The fraction of sp³-hybridized carbons (Fsp3) is 0.214. The summed E-state index contributed by atoms with van der Waals surface area (Å²) in [5, 5.41) is 3.21. The van der Waals surface area contributed by atoms with Crippen LogP contribution >= 0.6 is 15.9 Å². The van der Waals surface area contributed by atoms with Crippen LogP contribution in [0, 0.1) is 11.6 Å². The van der Waals surface area contributed by atoms with E-state index in [1.54, 1.807) is 12.3 Å². The maximum atomic E-state index is 13.1. The summed E-state index contributed by atoms with van der Waals surface area (Å²) in [6, 6.07) is 5.89. The predicted octanol–water partition coefficient (Wildman–Crippen LogP) is 3.97. The van der Waals surface area contributed by atoms with Crippen LogP contribution < -0.4 is 5.32 Å². The second-order valence-corrected chi connectivity index (χ2v) is 5.13. The molecule has 1 atom stereocenters. The van der Waals surface area contributed by atoms with Gasteiger partial charge in [-0.05, 0) is 42.3 Å². The van der Waals surface area contributed by atoms with Gasteiger partial charge < -0.3 is 5.32 Å². The molecule has 2 aromatic rings. The van der Waals surface area contributed by atoms with Gasteiger partial charge in [0.2, 0.25) is 0 Å². The van der Waals surface area contributed by atoms with E-state index in [0.29, 0.717) is 6.54 Å². The van der Waals surface area contributed by atoms with Gasteiger partial charge in [0.15, 0.2) is 0 Å². The average molecular weight is 327 g/mol. The average Bonchev–Trinajstić information content (AvgIpc) is 2.39. The minimum absolute atomic E-state index is 0.0710. The van der Waals surface area contributed by atoms with E-state index in [1.807, 2.05) is 6.92 Å². The van der Waals surface area contributed by atoms with E-state index >= 15 is 0 Å². The summed E-state index contributed by atoms with van der Waals surface area (Å²) >= 11 is 3.37. The molecule has 1 heterocycles. The highest BCUT2D eigenvalue weighted by molar-refractivity contribution is 9.10. The van der Waals surface area contributed by atoms with Gasteiger partial charge in [-0.3, -0.25) is 4.98 Å². The predicted molar refractivity (Wildman–Crippen MR) is 73.5 cm³/mol. The zero-order valence-corrected chi connectivity index (χ0v) is 11.9. The maximum Gasteiger partial charge on any atom is 0.141 e. The lowest BCUT2D eigenvalue weighted by Gasteiger charge is -2.14. The molecule has 2 nitrogen and oxygen atoms in total. The fourth-order valence-corrected chi connectivity index (χ4v) is 2.11. The summed E-state index contributed by atoms with van der Waals surface area (Å²) in [6.45, 7) is 2.39. The van der Waals surface area contributed by atoms with Crippen LogP contribution in [0.5, 0.6) is 0 Å². The van der Waals surface area contributed by atoms with Crippen LogP contribution in [0.2, 0.25) is 0 Å². The van der Waals surface area contributed by atoms with Crippen LogP contribution in [0.15, 0.2) is 41.1 Å². The van der Waals surface area contributed by atoms with Gasteiger partial charge in [-0.25, -0.2) is 8.78 Å². The molecule has 1 unspecified atom stereocenters. The summed E-state index contributed by atoms with van der Waals surface area (Å²) in [6.07, 6.45) is 2.78. The number of rotatable bonds is 4. The van der Waals surface area contributed by atoms with Crippen molar-refractivity contribution in [3.8, 4) is 0 Å². The zero-order valence-electron chi connectivity index (χ0n) is 10.3. The second-order valence-electron chi connectivity index (χ2n) is 4.27. The zero-order chi connectivity index (χ0) is 13.8. The Morgan fingerprint density at radius 2 is 2.00 bits per heavy atom. The van der Waals surface area contributed by atoms with Gasteiger partial charge in [0, 0.05) is 23.3 Å². The Morgan fingerprint density at radius 3 is 2.74 bits per heavy atom. The molecule has 0 saturated heterocycles. The van der Waals surface area contributed by atoms with Crippen LogP contribution in [0.4, 0.5) is 8.78 Å². The standard InChI is InChI=1S/C14H13BrF2N2/c1-9(10-4-13(17)8-18-6-10)19-7-11-5-12(16)2-3-14(11)15/h2-6,8-9,19H,7H2,1H3. The Hall–Kier alpha value is -1.33. The van der Waals surface area contributed by atoms with Crippen LogP contribution in [0.25, 0.3) is 0 Å². The SMILES string of the molecule is CC(NCc1cc(F)ccc1Br)c1cncc(F)c1. The third-order valence-electron chi connectivity index (χ3n) is 2.83. The van der Waals surface area contributed by atoms with Crippen molar-refractivity contribution in [3.05, 3.63) is 63.9 Å².